The number of rotatable bonds is 2. The Balaban J connectivity index is 1.64. The number of halogens is 3. The third-order valence-electron chi connectivity index (χ3n) is 5.39. The number of amides is 2. The minimum absolute atomic E-state index is 0.0717. The summed E-state index contributed by atoms with van der Waals surface area (Å²) in [5, 5.41) is 2.83. The number of benzene rings is 1. The largest absolute Gasteiger partial charge is 0.392 e. The number of carbonyl (C=O) groups excluding carboxylic acids is 1. The molecule has 1 atom stereocenters. The molecule has 0 radical (unpaired) electrons. The van der Waals surface area contributed by atoms with Crippen molar-refractivity contribution in [2.24, 2.45) is 11.3 Å². The van der Waals surface area contributed by atoms with E-state index in [4.69, 9.17) is 4.74 Å². The molecule has 0 bridgehead atoms. The van der Waals surface area contributed by atoms with Crippen molar-refractivity contribution in [1.29, 1.82) is 0 Å². The Morgan fingerprint density at radius 2 is 1.93 bits per heavy atom. The van der Waals surface area contributed by atoms with Crippen LogP contribution in [0.3, 0.4) is 0 Å². The molecule has 0 aromatic heterocycles. The van der Waals surface area contributed by atoms with Gasteiger partial charge in [0.25, 0.3) is 0 Å². The molecule has 8 heteroatoms. The van der Waals surface area contributed by atoms with E-state index in [0.29, 0.717) is 18.9 Å². The number of urea groups is 1. The summed E-state index contributed by atoms with van der Waals surface area (Å²) >= 11 is 0. The molecule has 3 rings (SSSR count). The van der Waals surface area contributed by atoms with Gasteiger partial charge in [-0.3, -0.25) is 0 Å². The fourth-order valence-corrected chi connectivity index (χ4v) is 3.94. The second-order valence-corrected chi connectivity index (χ2v) is 7.87. The fourth-order valence-electron chi connectivity index (χ4n) is 3.94. The smallest absolute Gasteiger partial charge is 0.378 e. The Kier molecular flexibility index (Phi) is 5.55. The van der Waals surface area contributed by atoms with Gasteiger partial charge in [0.2, 0.25) is 0 Å². The van der Waals surface area contributed by atoms with Crippen LogP contribution in [-0.4, -0.2) is 56.5 Å². The van der Waals surface area contributed by atoms with Crippen LogP contribution in [0.5, 0.6) is 0 Å². The lowest BCUT2D eigenvalue weighted by Crippen LogP contribution is -2.53. The van der Waals surface area contributed by atoms with Gasteiger partial charge in [-0.05, 0) is 30.0 Å². The minimum Gasteiger partial charge on any atom is -0.378 e. The molecule has 0 spiro atoms. The third-order valence-corrected chi connectivity index (χ3v) is 5.39. The molecule has 150 valence electrons. The first-order chi connectivity index (χ1) is 12.7. The van der Waals surface area contributed by atoms with Crippen molar-refractivity contribution in [1.82, 2.24) is 4.90 Å². The predicted octanol–water partition coefficient (Wildman–Crippen LogP) is 3.97. The van der Waals surface area contributed by atoms with Crippen LogP contribution < -0.4 is 10.2 Å². The first kappa shape index (κ1) is 19.8. The third kappa shape index (κ3) is 4.66. The minimum atomic E-state index is -4.24. The van der Waals surface area contributed by atoms with Crippen LogP contribution >= 0.6 is 0 Å². The van der Waals surface area contributed by atoms with E-state index in [2.05, 4.69) is 10.2 Å². The predicted molar refractivity (Wildman–Crippen MR) is 98.0 cm³/mol. The van der Waals surface area contributed by atoms with Crippen LogP contribution in [0.15, 0.2) is 24.3 Å². The topological polar surface area (TPSA) is 44.8 Å². The van der Waals surface area contributed by atoms with Gasteiger partial charge in [-0.2, -0.15) is 13.2 Å². The van der Waals surface area contributed by atoms with Crippen molar-refractivity contribution >= 4 is 17.4 Å². The zero-order valence-electron chi connectivity index (χ0n) is 15.7. The number of nitrogens with one attached hydrogen (secondary N) is 1. The summed E-state index contributed by atoms with van der Waals surface area (Å²) < 4.78 is 45.0. The van der Waals surface area contributed by atoms with Crippen LogP contribution in [-0.2, 0) is 4.74 Å². The van der Waals surface area contributed by atoms with E-state index in [1.54, 1.807) is 19.9 Å². The maximum Gasteiger partial charge on any atom is 0.392 e. The average molecular weight is 385 g/mol. The average Bonchev–Trinajstić information content (AvgIpc) is 2.60. The maximum atomic E-state index is 13.2. The second kappa shape index (κ2) is 7.58. The van der Waals surface area contributed by atoms with Gasteiger partial charge in [-0.1, -0.05) is 19.9 Å². The van der Waals surface area contributed by atoms with Gasteiger partial charge in [-0.25, -0.2) is 4.79 Å². The molecule has 1 N–H and O–H groups in total. The second-order valence-electron chi connectivity index (χ2n) is 7.87. The lowest BCUT2D eigenvalue weighted by molar-refractivity contribution is -0.214. The Labute approximate surface area is 157 Å². The van der Waals surface area contributed by atoms with E-state index in [9.17, 15) is 18.0 Å². The van der Waals surface area contributed by atoms with E-state index in [1.807, 2.05) is 18.2 Å². The normalized spacial score (nSPS) is 23.2. The molecule has 2 aliphatic heterocycles. The van der Waals surface area contributed by atoms with Crippen molar-refractivity contribution in [3.05, 3.63) is 24.3 Å². The highest BCUT2D eigenvalue weighted by molar-refractivity contribution is 5.90. The lowest BCUT2D eigenvalue weighted by Gasteiger charge is -2.44. The summed E-state index contributed by atoms with van der Waals surface area (Å²) in [6.07, 6.45) is -4.31. The van der Waals surface area contributed by atoms with Crippen LogP contribution in [0.4, 0.5) is 29.3 Å². The van der Waals surface area contributed by atoms with Gasteiger partial charge in [0.1, 0.15) is 0 Å². The number of morpholine rings is 1. The molecule has 2 heterocycles. The highest BCUT2D eigenvalue weighted by Crippen LogP contribution is 2.45. The first-order valence-corrected chi connectivity index (χ1v) is 9.22. The van der Waals surface area contributed by atoms with Crippen molar-refractivity contribution in [2.45, 2.75) is 26.4 Å². The van der Waals surface area contributed by atoms with Crippen LogP contribution in [0.25, 0.3) is 0 Å². The molecule has 2 amide bonds. The number of hydrogen-bond acceptors (Lipinski definition) is 3. The molecule has 27 heavy (non-hydrogen) atoms. The first-order valence-electron chi connectivity index (χ1n) is 9.22. The molecule has 1 aromatic rings. The Hall–Kier alpha value is -1.96. The SMILES string of the molecule is CC1(C)CN(C(=O)Nc2cccc(N3CCOCC3)c2)CC[C@H]1C(F)(F)F. The Morgan fingerprint density at radius 3 is 2.56 bits per heavy atom. The molecule has 5 nitrogen and oxygen atoms in total. The van der Waals surface area contributed by atoms with E-state index in [1.165, 1.54) is 4.90 Å². The monoisotopic (exact) mass is 385 g/mol. The highest BCUT2D eigenvalue weighted by atomic mass is 19.4. The summed E-state index contributed by atoms with van der Waals surface area (Å²) in [4.78, 5) is 16.3. The molecular formula is C19H26F3N3O2. The summed E-state index contributed by atoms with van der Waals surface area (Å²) in [7, 11) is 0. The molecular weight excluding hydrogens is 359 g/mol. The fraction of sp³-hybridized carbons (Fsp3) is 0.632. The van der Waals surface area contributed by atoms with Gasteiger partial charge in [-0.15, -0.1) is 0 Å². The van der Waals surface area contributed by atoms with Gasteiger partial charge in [0.15, 0.2) is 0 Å². The number of piperidine rings is 1. The molecule has 2 aliphatic rings. The number of anilines is 2. The number of alkyl halides is 3. The molecule has 0 aliphatic carbocycles. The van der Waals surface area contributed by atoms with Gasteiger partial charge in [0.05, 0.1) is 19.1 Å². The summed E-state index contributed by atoms with van der Waals surface area (Å²) in [6, 6.07) is 7.15. The molecule has 2 fully saturated rings. The standard InChI is InChI=1S/C19H26F3N3O2/c1-18(2)13-25(7-6-16(18)19(20,21)22)17(26)23-14-4-3-5-15(12-14)24-8-10-27-11-9-24/h3-5,12,16H,6-11,13H2,1-2H3,(H,23,26)/t16-/m1/s1. The van der Waals surface area contributed by atoms with Crippen molar-refractivity contribution in [2.75, 3.05) is 49.6 Å². The summed E-state index contributed by atoms with van der Waals surface area (Å²) in [5.41, 5.74) is 0.621. The van der Waals surface area contributed by atoms with E-state index in [-0.39, 0.29) is 25.5 Å². The molecule has 0 saturated carbocycles. The number of ether oxygens (including phenoxy) is 1. The zero-order valence-corrected chi connectivity index (χ0v) is 15.7. The van der Waals surface area contributed by atoms with Crippen LogP contribution in [0, 0.1) is 11.3 Å². The quantitative estimate of drug-likeness (QED) is 0.838. The van der Waals surface area contributed by atoms with Gasteiger partial charge < -0.3 is 19.9 Å². The van der Waals surface area contributed by atoms with Crippen LogP contribution in [0.1, 0.15) is 20.3 Å². The van der Waals surface area contributed by atoms with Crippen molar-refractivity contribution in [3.63, 3.8) is 0 Å². The number of nitrogens with zero attached hydrogens (tertiary/aromatic N) is 2. The van der Waals surface area contributed by atoms with Crippen molar-refractivity contribution < 1.29 is 22.7 Å². The van der Waals surface area contributed by atoms with E-state index < -0.39 is 17.5 Å². The Morgan fingerprint density at radius 1 is 1.22 bits per heavy atom. The van der Waals surface area contributed by atoms with Crippen LogP contribution in [0.2, 0.25) is 0 Å². The zero-order chi connectivity index (χ0) is 19.7. The summed E-state index contributed by atoms with van der Waals surface area (Å²) in [6.45, 7) is 6.23. The highest BCUT2D eigenvalue weighted by Gasteiger charge is 2.51. The number of hydrogen-bond donors (Lipinski definition) is 1. The molecule has 1 aromatic carbocycles. The molecule has 2 saturated heterocycles. The van der Waals surface area contributed by atoms with Crippen molar-refractivity contribution in [3.8, 4) is 0 Å². The van der Waals surface area contributed by atoms with Gasteiger partial charge in [0, 0.05) is 37.6 Å². The summed E-state index contributed by atoms with van der Waals surface area (Å²) in [5.74, 6) is -1.39. The van der Waals surface area contributed by atoms with Gasteiger partial charge >= 0.3 is 12.2 Å². The van der Waals surface area contributed by atoms with E-state index >= 15 is 0 Å². The number of carbonyl (C=O) groups is 1. The maximum absolute atomic E-state index is 13.2. The Bertz CT molecular complexity index is 672. The molecule has 0 unspecified atom stereocenters. The number of likely N-dealkylation sites (tertiary alicyclic amines) is 1. The lowest BCUT2D eigenvalue weighted by atomic mass is 9.73. The van der Waals surface area contributed by atoms with E-state index in [0.717, 1.165) is 18.8 Å².